The van der Waals surface area contributed by atoms with Gasteiger partial charge >= 0.3 is 0 Å². The van der Waals surface area contributed by atoms with Crippen LogP contribution in [0.5, 0.6) is 0 Å². The average molecular weight is 410 g/mol. The number of amides is 2. The van der Waals surface area contributed by atoms with Gasteiger partial charge < -0.3 is 0 Å². The number of nitro groups is 1. The van der Waals surface area contributed by atoms with Gasteiger partial charge in [-0.25, -0.2) is 5.43 Å². The SMILES string of the molecule is O=C(Cc1nnc(NC(=O)c2ccccc2)s1)NN=Cc1ccccc1[N+](=O)[O-]. The van der Waals surface area contributed by atoms with Gasteiger partial charge in [-0.2, -0.15) is 5.10 Å². The number of hydrogen-bond donors (Lipinski definition) is 2. The Morgan fingerprint density at radius 2 is 1.83 bits per heavy atom. The van der Waals surface area contributed by atoms with Crippen LogP contribution in [0.2, 0.25) is 0 Å². The number of rotatable bonds is 7. The van der Waals surface area contributed by atoms with Gasteiger partial charge in [0.15, 0.2) is 0 Å². The van der Waals surface area contributed by atoms with Gasteiger partial charge in [0.1, 0.15) is 5.01 Å². The number of nitro benzene ring substituents is 1. The second-order valence-corrected chi connectivity index (χ2v) is 6.67. The van der Waals surface area contributed by atoms with Crippen LogP contribution in [0.4, 0.5) is 10.8 Å². The number of benzene rings is 2. The van der Waals surface area contributed by atoms with Crippen LogP contribution in [-0.2, 0) is 11.2 Å². The van der Waals surface area contributed by atoms with Gasteiger partial charge in [-0.15, -0.1) is 10.2 Å². The van der Waals surface area contributed by atoms with Gasteiger partial charge in [-0.1, -0.05) is 41.7 Å². The molecule has 2 aromatic carbocycles. The number of hydrazone groups is 1. The van der Waals surface area contributed by atoms with Crippen molar-refractivity contribution in [1.29, 1.82) is 0 Å². The molecule has 1 heterocycles. The lowest BCUT2D eigenvalue weighted by atomic mass is 10.2. The lowest BCUT2D eigenvalue weighted by Crippen LogP contribution is -2.19. The Kier molecular flexibility index (Phi) is 6.32. The molecule has 0 aliphatic carbocycles. The largest absolute Gasteiger partial charge is 0.296 e. The smallest absolute Gasteiger partial charge is 0.278 e. The maximum absolute atomic E-state index is 12.1. The molecule has 10 nitrogen and oxygen atoms in total. The molecule has 0 unspecified atom stereocenters. The number of hydrogen-bond acceptors (Lipinski definition) is 8. The number of para-hydroxylation sites is 1. The fourth-order valence-corrected chi connectivity index (χ4v) is 2.98. The van der Waals surface area contributed by atoms with Gasteiger partial charge in [0.2, 0.25) is 11.0 Å². The predicted molar refractivity (Wildman–Crippen MR) is 107 cm³/mol. The molecule has 2 amide bonds. The van der Waals surface area contributed by atoms with Crippen molar-refractivity contribution in [3.05, 3.63) is 80.8 Å². The van der Waals surface area contributed by atoms with Crippen LogP contribution < -0.4 is 10.7 Å². The summed E-state index contributed by atoms with van der Waals surface area (Å²) < 4.78 is 0. The van der Waals surface area contributed by atoms with E-state index < -0.39 is 10.8 Å². The number of aromatic nitrogens is 2. The second-order valence-electron chi connectivity index (χ2n) is 5.61. The summed E-state index contributed by atoms with van der Waals surface area (Å²) in [4.78, 5) is 34.5. The fourth-order valence-electron chi connectivity index (χ4n) is 2.25. The normalized spacial score (nSPS) is 10.6. The summed E-state index contributed by atoms with van der Waals surface area (Å²) in [7, 11) is 0. The van der Waals surface area contributed by atoms with Crippen LogP contribution in [0.3, 0.4) is 0 Å². The molecule has 0 bridgehead atoms. The fraction of sp³-hybridized carbons (Fsp3) is 0.0556. The monoisotopic (exact) mass is 410 g/mol. The number of anilines is 1. The van der Waals surface area contributed by atoms with Gasteiger partial charge in [0.25, 0.3) is 11.6 Å². The van der Waals surface area contributed by atoms with Crippen molar-refractivity contribution >= 4 is 40.2 Å². The molecule has 0 fully saturated rings. The molecule has 0 atom stereocenters. The van der Waals surface area contributed by atoms with E-state index in [1.807, 2.05) is 0 Å². The number of nitrogens with one attached hydrogen (secondary N) is 2. The van der Waals surface area contributed by atoms with Crippen LogP contribution >= 0.6 is 11.3 Å². The summed E-state index contributed by atoms with van der Waals surface area (Å²) in [5, 5.41) is 25.6. The molecule has 0 radical (unpaired) electrons. The molecule has 0 aliphatic rings. The molecular weight excluding hydrogens is 396 g/mol. The third kappa shape index (κ3) is 5.49. The Bertz CT molecular complexity index is 1070. The quantitative estimate of drug-likeness (QED) is 0.348. The van der Waals surface area contributed by atoms with Gasteiger partial charge in [-0.3, -0.25) is 25.0 Å². The summed E-state index contributed by atoms with van der Waals surface area (Å²) in [6.07, 6.45) is 1.09. The van der Waals surface area contributed by atoms with Crippen molar-refractivity contribution in [3.63, 3.8) is 0 Å². The molecule has 0 saturated carbocycles. The minimum atomic E-state index is -0.532. The van der Waals surface area contributed by atoms with E-state index in [0.29, 0.717) is 10.6 Å². The van der Waals surface area contributed by atoms with E-state index in [-0.39, 0.29) is 28.7 Å². The molecule has 0 aliphatic heterocycles. The minimum absolute atomic E-state index is 0.104. The Balaban J connectivity index is 1.54. The lowest BCUT2D eigenvalue weighted by molar-refractivity contribution is -0.385. The zero-order chi connectivity index (χ0) is 20.6. The van der Waals surface area contributed by atoms with Crippen molar-refractivity contribution in [3.8, 4) is 0 Å². The Morgan fingerprint density at radius 3 is 2.59 bits per heavy atom. The first-order valence-corrected chi connectivity index (χ1v) is 9.08. The van der Waals surface area contributed by atoms with E-state index in [0.717, 1.165) is 11.3 Å². The van der Waals surface area contributed by atoms with E-state index in [1.165, 1.54) is 24.4 Å². The zero-order valence-electron chi connectivity index (χ0n) is 14.8. The van der Waals surface area contributed by atoms with Crippen LogP contribution in [0, 0.1) is 10.1 Å². The first-order chi connectivity index (χ1) is 14.0. The van der Waals surface area contributed by atoms with Crippen molar-refractivity contribution in [1.82, 2.24) is 15.6 Å². The van der Waals surface area contributed by atoms with Crippen molar-refractivity contribution in [2.24, 2.45) is 5.10 Å². The summed E-state index contributed by atoms with van der Waals surface area (Å²) in [6.45, 7) is 0. The Hall–Kier alpha value is -3.99. The highest BCUT2D eigenvalue weighted by molar-refractivity contribution is 7.15. The van der Waals surface area contributed by atoms with Crippen molar-refractivity contribution < 1.29 is 14.5 Å². The number of carbonyl (C=O) groups excluding carboxylic acids is 2. The molecule has 146 valence electrons. The average Bonchev–Trinajstić information content (AvgIpc) is 3.15. The highest BCUT2D eigenvalue weighted by Gasteiger charge is 2.13. The lowest BCUT2D eigenvalue weighted by Gasteiger charge is -1.99. The van der Waals surface area contributed by atoms with Crippen LogP contribution in [0.25, 0.3) is 0 Å². The van der Waals surface area contributed by atoms with E-state index >= 15 is 0 Å². The highest BCUT2D eigenvalue weighted by atomic mass is 32.1. The van der Waals surface area contributed by atoms with Crippen LogP contribution in [0.15, 0.2) is 59.7 Å². The zero-order valence-corrected chi connectivity index (χ0v) is 15.6. The summed E-state index contributed by atoms with van der Waals surface area (Å²) >= 11 is 1.06. The van der Waals surface area contributed by atoms with Crippen LogP contribution in [-0.4, -0.2) is 33.1 Å². The van der Waals surface area contributed by atoms with E-state index in [4.69, 9.17) is 0 Å². The van der Waals surface area contributed by atoms with Crippen LogP contribution in [0.1, 0.15) is 20.9 Å². The summed E-state index contributed by atoms with van der Waals surface area (Å²) in [5.41, 5.74) is 2.91. The molecule has 0 spiro atoms. The van der Waals surface area contributed by atoms with Gasteiger partial charge in [0.05, 0.1) is 23.1 Å². The highest BCUT2D eigenvalue weighted by Crippen LogP contribution is 2.17. The maximum Gasteiger partial charge on any atom is 0.278 e. The van der Waals surface area contributed by atoms with Crippen molar-refractivity contribution in [2.45, 2.75) is 6.42 Å². The maximum atomic E-state index is 12.1. The second kappa shape index (κ2) is 9.28. The molecule has 11 heteroatoms. The number of nitrogens with zero attached hydrogens (tertiary/aromatic N) is 4. The molecule has 1 aromatic heterocycles. The van der Waals surface area contributed by atoms with Crippen molar-refractivity contribution in [2.75, 3.05) is 5.32 Å². The first kappa shape index (κ1) is 19.8. The van der Waals surface area contributed by atoms with E-state index in [9.17, 15) is 19.7 Å². The molecule has 2 N–H and O–H groups in total. The number of carbonyl (C=O) groups is 2. The third-order valence-corrected chi connectivity index (χ3v) is 4.40. The molecule has 29 heavy (non-hydrogen) atoms. The standard InChI is InChI=1S/C18H14N6O4S/c25-15(21-19-11-13-8-4-5-9-14(13)24(27)28)10-16-22-23-18(29-16)20-17(26)12-6-2-1-3-7-12/h1-9,11H,10H2,(H,21,25)(H,20,23,26). The first-order valence-electron chi connectivity index (χ1n) is 8.27. The molecule has 0 saturated heterocycles. The van der Waals surface area contributed by atoms with E-state index in [2.05, 4.69) is 26.0 Å². The molecule has 3 rings (SSSR count). The van der Waals surface area contributed by atoms with Gasteiger partial charge in [-0.05, 0) is 18.2 Å². The topological polar surface area (TPSA) is 139 Å². The van der Waals surface area contributed by atoms with E-state index in [1.54, 1.807) is 36.4 Å². The minimum Gasteiger partial charge on any atom is -0.296 e. The Morgan fingerprint density at radius 1 is 1.10 bits per heavy atom. The molecule has 3 aromatic rings. The summed E-state index contributed by atoms with van der Waals surface area (Å²) in [5.74, 6) is -0.802. The van der Waals surface area contributed by atoms with Gasteiger partial charge in [0, 0.05) is 11.6 Å². The predicted octanol–water partition coefficient (Wildman–Crippen LogP) is 2.39. The Labute approximate surface area is 168 Å². The summed E-state index contributed by atoms with van der Waals surface area (Å²) in [6, 6.07) is 14.7. The third-order valence-electron chi connectivity index (χ3n) is 3.56. The molecular formula is C18H14N6O4S.